The summed E-state index contributed by atoms with van der Waals surface area (Å²) in [7, 11) is 0. The molecule has 2 aromatic rings. The predicted molar refractivity (Wildman–Crippen MR) is 90.3 cm³/mol. The second-order valence-corrected chi connectivity index (χ2v) is 6.00. The Morgan fingerprint density at radius 3 is 2.61 bits per heavy atom. The van der Waals surface area contributed by atoms with Crippen LogP contribution in [0.3, 0.4) is 0 Å². The van der Waals surface area contributed by atoms with Crippen LogP contribution in [0.25, 0.3) is 0 Å². The van der Waals surface area contributed by atoms with E-state index in [1.54, 1.807) is 13.0 Å². The van der Waals surface area contributed by atoms with E-state index in [4.69, 9.17) is 9.47 Å². The Hall–Kier alpha value is -2.34. The first-order valence-corrected chi connectivity index (χ1v) is 8.08. The number of nitrogens with one attached hydrogen (secondary N) is 1. The van der Waals surface area contributed by atoms with E-state index < -0.39 is 0 Å². The van der Waals surface area contributed by atoms with Crippen molar-refractivity contribution in [2.24, 2.45) is 0 Å². The number of ether oxygens (including phenoxy) is 2. The lowest BCUT2D eigenvalue weighted by atomic mass is 10.2. The smallest absolute Gasteiger partial charge is 0.348 e. The number of anilines is 1. The van der Waals surface area contributed by atoms with Crippen LogP contribution >= 0.6 is 11.3 Å². The second-order valence-electron chi connectivity index (χ2n) is 4.95. The highest BCUT2D eigenvalue weighted by Crippen LogP contribution is 2.27. The SMILES string of the molecule is CCOC(=O)c1sc(NC(=O)COc2ccccc2C)cc1C. The Labute approximate surface area is 139 Å². The number of benzene rings is 1. The maximum atomic E-state index is 12.0. The molecule has 0 spiro atoms. The molecule has 0 aliphatic heterocycles. The molecule has 0 bridgehead atoms. The molecular weight excluding hydrogens is 314 g/mol. The predicted octanol–water partition coefficient (Wildman–Crippen LogP) is 3.56. The summed E-state index contributed by atoms with van der Waals surface area (Å²) in [5.74, 6) is 0.0359. The monoisotopic (exact) mass is 333 g/mol. The highest BCUT2D eigenvalue weighted by Gasteiger charge is 2.16. The van der Waals surface area contributed by atoms with Crippen LogP contribution in [0.5, 0.6) is 5.75 Å². The minimum atomic E-state index is -0.369. The van der Waals surface area contributed by atoms with E-state index in [-0.39, 0.29) is 18.5 Å². The zero-order valence-corrected chi connectivity index (χ0v) is 14.2. The summed E-state index contributed by atoms with van der Waals surface area (Å²) in [4.78, 5) is 24.2. The maximum absolute atomic E-state index is 12.0. The molecule has 23 heavy (non-hydrogen) atoms. The van der Waals surface area contributed by atoms with Gasteiger partial charge in [0.25, 0.3) is 5.91 Å². The first kappa shape index (κ1) is 17.0. The topological polar surface area (TPSA) is 64.6 Å². The number of aryl methyl sites for hydroxylation is 2. The van der Waals surface area contributed by atoms with Gasteiger partial charge in [-0.25, -0.2) is 4.79 Å². The van der Waals surface area contributed by atoms with E-state index in [0.717, 1.165) is 11.1 Å². The van der Waals surface area contributed by atoms with Gasteiger partial charge < -0.3 is 14.8 Å². The molecule has 0 aliphatic carbocycles. The molecule has 0 unspecified atom stereocenters. The van der Waals surface area contributed by atoms with Gasteiger partial charge in [0.15, 0.2) is 6.61 Å². The van der Waals surface area contributed by atoms with Crippen molar-refractivity contribution in [2.75, 3.05) is 18.5 Å². The molecular formula is C17H19NO4S. The third-order valence-corrected chi connectivity index (χ3v) is 4.23. The Kier molecular flexibility index (Phi) is 5.76. The van der Waals surface area contributed by atoms with Gasteiger partial charge in [-0.1, -0.05) is 18.2 Å². The third-order valence-electron chi connectivity index (χ3n) is 3.09. The normalized spacial score (nSPS) is 10.2. The van der Waals surface area contributed by atoms with Gasteiger partial charge in [-0.05, 0) is 44.0 Å². The maximum Gasteiger partial charge on any atom is 0.348 e. The molecule has 6 heteroatoms. The van der Waals surface area contributed by atoms with E-state index in [9.17, 15) is 9.59 Å². The third kappa shape index (κ3) is 4.56. The summed E-state index contributed by atoms with van der Waals surface area (Å²) in [6.07, 6.45) is 0. The number of amides is 1. The summed E-state index contributed by atoms with van der Waals surface area (Å²) in [5.41, 5.74) is 1.75. The minimum Gasteiger partial charge on any atom is -0.483 e. The van der Waals surface area contributed by atoms with Crippen LogP contribution in [0.2, 0.25) is 0 Å². The average molecular weight is 333 g/mol. The number of hydrogen-bond acceptors (Lipinski definition) is 5. The molecule has 1 aromatic carbocycles. The van der Waals surface area contributed by atoms with Gasteiger partial charge in [-0.15, -0.1) is 11.3 Å². The fourth-order valence-electron chi connectivity index (χ4n) is 1.98. The molecule has 0 saturated carbocycles. The Balaban J connectivity index is 1.94. The first-order valence-electron chi connectivity index (χ1n) is 7.27. The lowest BCUT2D eigenvalue weighted by molar-refractivity contribution is -0.118. The van der Waals surface area contributed by atoms with Crippen molar-refractivity contribution in [3.05, 3.63) is 46.3 Å². The number of para-hydroxylation sites is 1. The Bertz CT molecular complexity index is 708. The zero-order valence-electron chi connectivity index (χ0n) is 13.3. The minimum absolute atomic E-state index is 0.0868. The van der Waals surface area contributed by atoms with E-state index in [1.165, 1.54) is 11.3 Å². The van der Waals surface area contributed by atoms with Gasteiger partial charge >= 0.3 is 5.97 Å². The Morgan fingerprint density at radius 2 is 1.91 bits per heavy atom. The molecule has 0 fully saturated rings. The van der Waals surface area contributed by atoms with Gasteiger partial charge in [-0.3, -0.25) is 4.79 Å². The molecule has 0 atom stereocenters. The number of carbonyl (C=O) groups is 2. The van der Waals surface area contributed by atoms with Crippen molar-refractivity contribution < 1.29 is 19.1 Å². The fraction of sp³-hybridized carbons (Fsp3) is 0.294. The number of esters is 1. The van der Waals surface area contributed by atoms with Crippen LogP contribution in [0.15, 0.2) is 30.3 Å². The standard InChI is InChI=1S/C17H19NO4S/c1-4-21-17(20)16-12(3)9-15(23-16)18-14(19)10-22-13-8-6-5-7-11(13)2/h5-9H,4,10H2,1-3H3,(H,18,19). The Morgan fingerprint density at radius 1 is 1.17 bits per heavy atom. The second kappa shape index (κ2) is 7.78. The molecule has 0 aliphatic rings. The lowest BCUT2D eigenvalue weighted by Crippen LogP contribution is -2.19. The van der Waals surface area contributed by atoms with Gasteiger partial charge in [0.2, 0.25) is 0 Å². The summed E-state index contributed by atoms with van der Waals surface area (Å²) in [6, 6.07) is 9.25. The molecule has 2 rings (SSSR count). The van der Waals surface area contributed by atoms with Crippen LogP contribution in [0.1, 0.15) is 27.7 Å². The van der Waals surface area contributed by atoms with Crippen LogP contribution in [-0.2, 0) is 9.53 Å². The van der Waals surface area contributed by atoms with Crippen LogP contribution in [-0.4, -0.2) is 25.1 Å². The van der Waals surface area contributed by atoms with E-state index >= 15 is 0 Å². The van der Waals surface area contributed by atoms with E-state index in [1.807, 2.05) is 38.1 Å². The van der Waals surface area contributed by atoms with Crippen molar-refractivity contribution >= 4 is 28.2 Å². The molecule has 1 heterocycles. The lowest BCUT2D eigenvalue weighted by Gasteiger charge is -2.08. The van der Waals surface area contributed by atoms with E-state index in [0.29, 0.717) is 22.2 Å². The zero-order chi connectivity index (χ0) is 16.8. The molecule has 0 radical (unpaired) electrons. The van der Waals surface area contributed by atoms with Crippen molar-refractivity contribution in [3.63, 3.8) is 0 Å². The van der Waals surface area contributed by atoms with Crippen LogP contribution in [0, 0.1) is 13.8 Å². The van der Waals surface area contributed by atoms with E-state index in [2.05, 4.69) is 5.32 Å². The quantitative estimate of drug-likeness (QED) is 0.821. The number of rotatable bonds is 6. The molecule has 1 amide bonds. The van der Waals surface area contributed by atoms with Gasteiger partial charge in [0, 0.05) is 0 Å². The van der Waals surface area contributed by atoms with Gasteiger partial charge in [0.1, 0.15) is 10.6 Å². The molecule has 5 nitrogen and oxygen atoms in total. The number of carbonyl (C=O) groups excluding carboxylic acids is 2. The van der Waals surface area contributed by atoms with Gasteiger partial charge in [-0.2, -0.15) is 0 Å². The molecule has 1 N–H and O–H groups in total. The summed E-state index contributed by atoms with van der Waals surface area (Å²) in [5, 5.41) is 3.34. The van der Waals surface area contributed by atoms with Crippen LogP contribution < -0.4 is 10.1 Å². The highest BCUT2D eigenvalue weighted by molar-refractivity contribution is 7.18. The first-order chi connectivity index (χ1) is 11.0. The molecule has 1 aromatic heterocycles. The van der Waals surface area contributed by atoms with Crippen molar-refractivity contribution in [3.8, 4) is 5.75 Å². The highest BCUT2D eigenvalue weighted by atomic mass is 32.1. The number of hydrogen-bond donors (Lipinski definition) is 1. The molecule has 122 valence electrons. The summed E-state index contributed by atoms with van der Waals surface area (Å²) in [6.45, 7) is 5.72. The van der Waals surface area contributed by atoms with Crippen molar-refractivity contribution in [2.45, 2.75) is 20.8 Å². The largest absolute Gasteiger partial charge is 0.483 e. The van der Waals surface area contributed by atoms with Gasteiger partial charge in [0.05, 0.1) is 11.6 Å². The van der Waals surface area contributed by atoms with Crippen molar-refractivity contribution in [1.82, 2.24) is 0 Å². The molecule has 0 saturated heterocycles. The average Bonchev–Trinajstić information content (AvgIpc) is 2.87. The summed E-state index contributed by atoms with van der Waals surface area (Å²) >= 11 is 1.20. The summed E-state index contributed by atoms with van der Waals surface area (Å²) < 4.78 is 10.5. The fourth-order valence-corrected chi connectivity index (χ4v) is 2.96. The van der Waals surface area contributed by atoms with Crippen LogP contribution in [0.4, 0.5) is 5.00 Å². The van der Waals surface area contributed by atoms with Crippen molar-refractivity contribution in [1.29, 1.82) is 0 Å². The number of thiophene rings is 1.